The predicted molar refractivity (Wildman–Crippen MR) is 60.0 cm³/mol. The fourth-order valence-corrected chi connectivity index (χ4v) is 1.96. The Bertz CT molecular complexity index is 340. The minimum atomic E-state index is -0.276. The van der Waals surface area contributed by atoms with E-state index in [0.29, 0.717) is 11.9 Å². The van der Waals surface area contributed by atoms with Crippen LogP contribution in [0.2, 0.25) is 0 Å². The average Bonchev–Trinajstić information content (AvgIpc) is 2.78. The molecular weight excluding hydrogens is 206 g/mol. The second-order valence-electron chi connectivity index (χ2n) is 4.28. The number of hydrogen-bond donors (Lipinski definition) is 2. The van der Waals surface area contributed by atoms with Gasteiger partial charge in [-0.3, -0.25) is 0 Å². The maximum Gasteiger partial charge on any atom is 0.225 e. The Morgan fingerprint density at radius 3 is 2.69 bits per heavy atom. The summed E-state index contributed by atoms with van der Waals surface area (Å²) in [6, 6.07) is 0. The van der Waals surface area contributed by atoms with E-state index in [1.54, 1.807) is 12.4 Å². The summed E-state index contributed by atoms with van der Waals surface area (Å²) in [6.45, 7) is 3.48. The van der Waals surface area contributed by atoms with Crippen LogP contribution in [0, 0.1) is 5.92 Å². The largest absolute Gasteiger partial charge is 0.393 e. The molecule has 1 aromatic heterocycles. The van der Waals surface area contributed by atoms with Crippen molar-refractivity contribution in [3.63, 3.8) is 0 Å². The van der Waals surface area contributed by atoms with Crippen LogP contribution in [0.15, 0.2) is 12.4 Å². The lowest BCUT2D eigenvalue weighted by Crippen LogP contribution is -2.25. The second kappa shape index (κ2) is 4.76. The van der Waals surface area contributed by atoms with Crippen LogP contribution in [0.3, 0.4) is 0 Å². The highest BCUT2D eigenvalue weighted by Gasteiger charge is 2.27. The first-order valence-corrected chi connectivity index (χ1v) is 5.55. The molecule has 0 aliphatic carbocycles. The molecule has 1 fully saturated rings. The van der Waals surface area contributed by atoms with E-state index in [9.17, 15) is 5.11 Å². The van der Waals surface area contributed by atoms with Crippen molar-refractivity contribution in [1.29, 1.82) is 0 Å². The van der Waals surface area contributed by atoms with Gasteiger partial charge >= 0.3 is 0 Å². The molecule has 0 radical (unpaired) electrons. The van der Waals surface area contributed by atoms with E-state index >= 15 is 0 Å². The van der Waals surface area contributed by atoms with Crippen LogP contribution < -0.4 is 4.90 Å². The third-order valence-electron chi connectivity index (χ3n) is 3.06. The molecule has 16 heavy (non-hydrogen) atoms. The van der Waals surface area contributed by atoms with Gasteiger partial charge in [0.05, 0.1) is 12.7 Å². The second-order valence-corrected chi connectivity index (χ2v) is 4.28. The van der Waals surface area contributed by atoms with E-state index in [0.717, 1.165) is 25.1 Å². The smallest absolute Gasteiger partial charge is 0.225 e. The molecule has 1 saturated heterocycles. The van der Waals surface area contributed by atoms with E-state index in [4.69, 9.17) is 5.11 Å². The van der Waals surface area contributed by atoms with Crippen molar-refractivity contribution in [3.8, 4) is 0 Å². The van der Waals surface area contributed by atoms with E-state index in [1.807, 2.05) is 6.92 Å². The topological polar surface area (TPSA) is 69.5 Å². The molecule has 1 aliphatic rings. The first-order chi connectivity index (χ1) is 7.70. The third kappa shape index (κ3) is 2.31. The van der Waals surface area contributed by atoms with Crippen LogP contribution >= 0.6 is 0 Å². The van der Waals surface area contributed by atoms with Crippen LogP contribution in [0.1, 0.15) is 18.9 Å². The summed E-state index contributed by atoms with van der Waals surface area (Å²) in [6.07, 6.45) is 3.97. The standard InChI is InChI=1S/C11H17N3O2/c1-8(16)10-2-3-14(6-10)11-12-4-9(7-15)5-13-11/h4-5,8,10,15-16H,2-3,6-7H2,1H3. The molecule has 88 valence electrons. The lowest BCUT2D eigenvalue weighted by Gasteiger charge is -2.17. The van der Waals surface area contributed by atoms with E-state index in [1.165, 1.54) is 0 Å². The highest BCUT2D eigenvalue weighted by molar-refractivity contribution is 5.31. The Balaban J connectivity index is 2.03. The van der Waals surface area contributed by atoms with Gasteiger partial charge in [0.2, 0.25) is 5.95 Å². The van der Waals surface area contributed by atoms with Gasteiger partial charge in [0.25, 0.3) is 0 Å². The highest BCUT2D eigenvalue weighted by Crippen LogP contribution is 2.22. The molecular formula is C11H17N3O2. The molecule has 1 aromatic rings. The average molecular weight is 223 g/mol. The van der Waals surface area contributed by atoms with Gasteiger partial charge in [-0.25, -0.2) is 9.97 Å². The summed E-state index contributed by atoms with van der Waals surface area (Å²) >= 11 is 0. The zero-order chi connectivity index (χ0) is 11.5. The summed E-state index contributed by atoms with van der Waals surface area (Å²) in [7, 11) is 0. The van der Waals surface area contributed by atoms with E-state index < -0.39 is 0 Å². The van der Waals surface area contributed by atoms with Crippen molar-refractivity contribution in [2.24, 2.45) is 5.92 Å². The number of nitrogens with zero attached hydrogens (tertiary/aromatic N) is 3. The van der Waals surface area contributed by atoms with Crippen molar-refractivity contribution < 1.29 is 10.2 Å². The van der Waals surface area contributed by atoms with Gasteiger partial charge in [-0.1, -0.05) is 0 Å². The van der Waals surface area contributed by atoms with Crippen LogP contribution in [0.25, 0.3) is 0 Å². The fraction of sp³-hybridized carbons (Fsp3) is 0.636. The summed E-state index contributed by atoms with van der Waals surface area (Å²) in [5, 5.41) is 18.4. The minimum absolute atomic E-state index is 0.0312. The third-order valence-corrected chi connectivity index (χ3v) is 3.06. The van der Waals surface area contributed by atoms with Crippen LogP contribution in [-0.4, -0.2) is 39.4 Å². The Hall–Kier alpha value is -1.20. The van der Waals surface area contributed by atoms with Gasteiger partial charge in [-0.2, -0.15) is 0 Å². The van der Waals surface area contributed by atoms with Crippen molar-refractivity contribution in [2.75, 3.05) is 18.0 Å². The van der Waals surface area contributed by atoms with Gasteiger partial charge in [0, 0.05) is 37.0 Å². The molecule has 0 aromatic carbocycles. The quantitative estimate of drug-likeness (QED) is 0.764. The number of aliphatic hydroxyl groups is 2. The maximum atomic E-state index is 9.50. The highest BCUT2D eigenvalue weighted by atomic mass is 16.3. The van der Waals surface area contributed by atoms with Gasteiger partial charge in [0.15, 0.2) is 0 Å². The molecule has 2 heterocycles. The molecule has 5 heteroatoms. The zero-order valence-electron chi connectivity index (χ0n) is 9.37. The van der Waals surface area contributed by atoms with Gasteiger partial charge in [-0.15, -0.1) is 0 Å². The fourth-order valence-electron chi connectivity index (χ4n) is 1.96. The monoisotopic (exact) mass is 223 g/mol. The molecule has 0 spiro atoms. The number of aromatic nitrogens is 2. The summed E-state index contributed by atoms with van der Waals surface area (Å²) in [4.78, 5) is 10.5. The summed E-state index contributed by atoms with van der Waals surface area (Å²) in [5.41, 5.74) is 0.718. The Morgan fingerprint density at radius 2 is 2.19 bits per heavy atom. The first kappa shape index (κ1) is 11.3. The molecule has 5 nitrogen and oxygen atoms in total. The predicted octanol–water partition coefficient (Wildman–Crippen LogP) is 0.176. The SMILES string of the molecule is CC(O)C1CCN(c2ncc(CO)cn2)C1. The zero-order valence-corrected chi connectivity index (χ0v) is 9.37. The molecule has 0 saturated carbocycles. The summed E-state index contributed by atoms with van der Waals surface area (Å²) in [5.74, 6) is 0.987. The van der Waals surface area contributed by atoms with Crippen molar-refractivity contribution in [1.82, 2.24) is 9.97 Å². The Morgan fingerprint density at radius 1 is 1.50 bits per heavy atom. The number of rotatable bonds is 3. The van der Waals surface area contributed by atoms with Crippen molar-refractivity contribution in [3.05, 3.63) is 18.0 Å². The van der Waals surface area contributed by atoms with Gasteiger partial charge in [-0.05, 0) is 13.3 Å². The van der Waals surface area contributed by atoms with E-state index in [2.05, 4.69) is 14.9 Å². The van der Waals surface area contributed by atoms with Crippen LogP contribution in [0.5, 0.6) is 0 Å². The van der Waals surface area contributed by atoms with Gasteiger partial charge < -0.3 is 15.1 Å². The molecule has 0 amide bonds. The lowest BCUT2D eigenvalue weighted by atomic mass is 10.0. The van der Waals surface area contributed by atoms with E-state index in [-0.39, 0.29) is 12.7 Å². The molecule has 1 aliphatic heterocycles. The van der Waals surface area contributed by atoms with Crippen LogP contribution in [0.4, 0.5) is 5.95 Å². The molecule has 2 rings (SSSR count). The first-order valence-electron chi connectivity index (χ1n) is 5.55. The lowest BCUT2D eigenvalue weighted by molar-refractivity contribution is 0.136. The number of hydrogen-bond acceptors (Lipinski definition) is 5. The van der Waals surface area contributed by atoms with Crippen molar-refractivity contribution in [2.45, 2.75) is 26.1 Å². The summed E-state index contributed by atoms with van der Waals surface area (Å²) < 4.78 is 0. The molecule has 2 unspecified atom stereocenters. The van der Waals surface area contributed by atoms with Crippen LogP contribution in [-0.2, 0) is 6.61 Å². The molecule has 2 atom stereocenters. The molecule has 0 bridgehead atoms. The normalized spacial score (nSPS) is 22.4. The maximum absolute atomic E-state index is 9.50. The Labute approximate surface area is 94.8 Å². The van der Waals surface area contributed by atoms with Crippen molar-refractivity contribution >= 4 is 5.95 Å². The number of anilines is 1. The van der Waals surface area contributed by atoms with Gasteiger partial charge in [0.1, 0.15) is 0 Å². The minimum Gasteiger partial charge on any atom is -0.393 e. The molecule has 2 N–H and O–H groups in total. The Kier molecular flexibility index (Phi) is 3.36. The number of aliphatic hydroxyl groups excluding tert-OH is 2.